The molecule has 1 aromatic carbocycles. The van der Waals surface area contributed by atoms with E-state index in [1.807, 2.05) is 12.1 Å². The van der Waals surface area contributed by atoms with Crippen molar-refractivity contribution in [3.05, 3.63) is 66.5 Å². The van der Waals surface area contributed by atoms with Crippen molar-refractivity contribution in [2.45, 2.75) is 19.3 Å². The minimum atomic E-state index is -0.379. The molecule has 0 bridgehead atoms. The highest BCUT2D eigenvalue weighted by atomic mass is 16.6. The number of ether oxygens (including phenoxy) is 2. The van der Waals surface area contributed by atoms with E-state index in [0.29, 0.717) is 36.4 Å². The van der Waals surface area contributed by atoms with Gasteiger partial charge in [0.25, 0.3) is 5.91 Å². The Balaban J connectivity index is 1.78. The Labute approximate surface area is 152 Å². The zero-order chi connectivity index (χ0) is 18.8. The van der Waals surface area contributed by atoms with Crippen LogP contribution in [0.5, 0.6) is 11.5 Å². The van der Waals surface area contributed by atoms with Crippen molar-refractivity contribution < 1.29 is 19.1 Å². The summed E-state index contributed by atoms with van der Waals surface area (Å²) in [6, 6.07) is 8.76. The van der Waals surface area contributed by atoms with E-state index in [1.165, 1.54) is 13.3 Å². The van der Waals surface area contributed by atoms with Gasteiger partial charge in [0.05, 0.1) is 12.7 Å². The second-order valence-electron chi connectivity index (χ2n) is 5.55. The first kappa shape index (κ1) is 19.2. The van der Waals surface area contributed by atoms with Crippen LogP contribution in [0.15, 0.2) is 55.4 Å². The highest BCUT2D eigenvalue weighted by molar-refractivity contribution is 5.93. The molecule has 0 aliphatic heterocycles. The number of nitrogens with zero attached hydrogens (tertiary/aromatic N) is 1. The maximum atomic E-state index is 12.0. The summed E-state index contributed by atoms with van der Waals surface area (Å²) < 4.78 is 10.6. The van der Waals surface area contributed by atoms with Crippen LogP contribution < -0.4 is 14.8 Å². The topological polar surface area (TPSA) is 77.5 Å². The van der Waals surface area contributed by atoms with E-state index in [9.17, 15) is 9.59 Å². The second-order valence-corrected chi connectivity index (χ2v) is 5.55. The maximum Gasteiger partial charge on any atom is 0.311 e. The predicted molar refractivity (Wildman–Crippen MR) is 98.3 cm³/mol. The number of hydrogen-bond acceptors (Lipinski definition) is 5. The number of methoxy groups -OCH3 is 1. The van der Waals surface area contributed by atoms with Crippen molar-refractivity contribution in [2.24, 2.45) is 0 Å². The predicted octanol–water partition coefficient (Wildman–Crippen LogP) is 2.93. The van der Waals surface area contributed by atoms with E-state index in [-0.39, 0.29) is 18.3 Å². The van der Waals surface area contributed by atoms with E-state index >= 15 is 0 Å². The number of aromatic nitrogens is 1. The maximum absolute atomic E-state index is 12.0. The number of benzene rings is 1. The minimum Gasteiger partial charge on any atom is -0.493 e. The van der Waals surface area contributed by atoms with Crippen LogP contribution in [0.4, 0.5) is 0 Å². The summed E-state index contributed by atoms with van der Waals surface area (Å²) >= 11 is 0. The zero-order valence-electron chi connectivity index (χ0n) is 14.7. The van der Waals surface area contributed by atoms with Gasteiger partial charge in [0.15, 0.2) is 11.5 Å². The summed E-state index contributed by atoms with van der Waals surface area (Å²) in [6.45, 7) is 4.07. The molecule has 2 rings (SSSR count). The Hall–Kier alpha value is -3.15. The van der Waals surface area contributed by atoms with Gasteiger partial charge in [-0.25, -0.2) is 0 Å². The normalized spacial score (nSPS) is 10.0. The molecule has 136 valence electrons. The first-order valence-electron chi connectivity index (χ1n) is 8.30. The number of carbonyl (C=O) groups excluding carboxylic acids is 2. The number of amides is 1. The molecule has 0 saturated carbocycles. The van der Waals surface area contributed by atoms with Crippen molar-refractivity contribution in [2.75, 3.05) is 13.7 Å². The average molecular weight is 354 g/mol. The van der Waals surface area contributed by atoms with Crippen LogP contribution in [0.1, 0.15) is 28.8 Å². The van der Waals surface area contributed by atoms with Crippen LogP contribution in [-0.4, -0.2) is 30.5 Å². The zero-order valence-corrected chi connectivity index (χ0v) is 14.7. The number of pyridine rings is 1. The fourth-order valence-corrected chi connectivity index (χ4v) is 2.30. The highest BCUT2D eigenvalue weighted by Crippen LogP contribution is 2.28. The van der Waals surface area contributed by atoms with Crippen molar-refractivity contribution >= 4 is 11.9 Å². The van der Waals surface area contributed by atoms with Gasteiger partial charge in [0.2, 0.25) is 0 Å². The average Bonchev–Trinajstić information content (AvgIpc) is 2.67. The lowest BCUT2D eigenvalue weighted by Gasteiger charge is -2.10. The van der Waals surface area contributed by atoms with E-state index < -0.39 is 0 Å². The third kappa shape index (κ3) is 5.73. The Bertz CT molecular complexity index is 760. The minimum absolute atomic E-state index is 0.185. The van der Waals surface area contributed by atoms with Crippen LogP contribution in [0.2, 0.25) is 0 Å². The first-order chi connectivity index (χ1) is 12.6. The molecule has 26 heavy (non-hydrogen) atoms. The lowest BCUT2D eigenvalue weighted by atomic mass is 10.1. The highest BCUT2D eigenvalue weighted by Gasteiger charge is 2.11. The third-order valence-corrected chi connectivity index (χ3v) is 3.60. The summed E-state index contributed by atoms with van der Waals surface area (Å²) in [6.07, 6.45) is 6.25. The molecule has 0 saturated heterocycles. The molecule has 6 heteroatoms. The molecule has 2 aromatic rings. The smallest absolute Gasteiger partial charge is 0.311 e. The molecule has 0 fully saturated rings. The lowest BCUT2D eigenvalue weighted by molar-refractivity contribution is -0.134. The van der Waals surface area contributed by atoms with Crippen LogP contribution in [-0.2, 0) is 11.2 Å². The fraction of sp³-hybridized carbons (Fsp3) is 0.250. The van der Waals surface area contributed by atoms with Gasteiger partial charge < -0.3 is 14.8 Å². The van der Waals surface area contributed by atoms with Crippen molar-refractivity contribution in [1.29, 1.82) is 0 Å². The monoisotopic (exact) mass is 354 g/mol. The lowest BCUT2D eigenvalue weighted by Crippen LogP contribution is -2.25. The molecule has 1 aromatic heterocycles. The summed E-state index contributed by atoms with van der Waals surface area (Å²) in [5.74, 6) is 0.286. The summed E-state index contributed by atoms with van der Waals surface area (Å²) in [5.41, 5.74) is 1.51. The van der Waals surface area contributed by atoms with E-state index in [0.717, 1.165) is 5.56 Å². The van der Waals surface area contributed by atoms with E-state index in [1.54, 1.807) is 30.5 Å². The van der Waals surface area contributed by atoms with Crippen molar-refractivity contribution in [3.63, 3.8) is 0 Å². The van der Waals surface area contributed by atoms with Gasteiger partial charge in [-0.2, -0.15) is 0 Å². The molecular weight excluding hydrogens is 332 g/mol. The van der Waals surface area contributed by atoms with Crippen LogP contribution in [0.3, 0.4) is 0 Å². The second kappa shape index (κ2) is 9.98. The van der Waals surface area contributed by atoms with Crippen molar-refractivity contribution in [1.82, 2.24) is 10.3 Å². The largest absolute Gasteiger partial charge is 0.493 e. The van der Waals surface area contributed by atoms with Crippen LogP contribution >= 0.6 is 0 Å². The third-order valence-electron chi connectivity index (χ3n) is 3.60. The molecule has 0 atom stereocenters. The number of carbonyl (C=O) groups is 2. The molecule has 0 unspecified atom stereocenters. The molecule has 0 spiro atoms. The van der Waals surface area contributed by atoms with Gasteiger partial charge >= 0.3 is 5.97 Å². The quantitative estimate of drug-likeness (QED) is 0.324. The molecular formula is C20H22N2O4. The Morgan fingerprint density at radius 2 is 2.12 bits per heavy atom. The molecule has 1 heterocycles. The number of nitrogens with one attached hydrogen (secondary N) is 1. The molecule has 0 radical (unpaired) electrons. The number of hydrogen-bond donors (Lipinski definition) is 1. The van der Waals surface area contributed by atoms with Gasteiger partial charge in [-0.05, 0) is 42.7 Å². The first-order valence-corrected chi connectivity index (χ1v) is 8.30. The van der Waals surface area contributed by atoms with Gasteiger partial charge in [-0.15, -0.1) is 6.58 Å². The Morgan fingerprint density at radius 1 is 1.27 bits per heavy atom. The van der Waals surface area contributed by atoms with Gasteiger partial charge in [-0.3, -0.25) is 14.6 Å². The SMILES string of the molecule is C=CCc1ccc(OC(=O)CCCNC(=O)c2cccnc2)c(OC)c1. The fourth-order valence-electron chi connectivity index (χ4n) is 2.30. The summed E-state index contributed by atoms with van der Waals surface area (Å²) in [7, 11) is 1.53. The molecule has 1 amide bonds. The van der Waals surface area contributed by atoms with Gasteiger partial charge in [0.1, 0.15) is 0 Å². The number of rotatable bonds is 9. The summed E-state index contributed by atoms with van der Waals surface area (Å²) in [5, 5.41) is 2.74. The Morgan fingerprint density at radius 3 is 2.81 bits per heavy atom. The Kier molecular flexibility index (Phi) is 7.36. The summed E-state index contributed by atoms with van der Waals surface area (Å²) in [4.78, 5) is 27.7. The van der Waals surface area contributed by atoms with Gasteiger partial charge in [-0.1, -0.05) is 12.1 Å². The van der Waals surface area contributed by atoms with Crippen LogP contribution in [0.25, 0.3) is 0 Å². The molecule has 0 aliphatic carbocycles. The molecule has 0 aliphatic rings. The number of allylic oxidation sites excluding steroid dienone is 1. The van der Waals surface area contributed by atoms with Crippen LogP contribution in [0, 0.1) is 0 Å². The van der Waals surface area contributed by atoms with E-state index in [2.05, 4.69) is 16.9 Å². The van der Waals surface area contributed by atoms with Gasteiger partial charge in [0, 0.05) is 25.4 Å². The molecule has 1 N–H and O–H groups in total. The molecule has 6 nitrogen and oxygen atoms in total. The number of esters is 1. The standard InChI is InChI=1S/C20H22N2O4/c1-3-6-15-9-10-17(18(13-15)25-2)26-19(23)8-5-12-22-20(24)16-7-4-11-21-14-16/h3-4,7,9-11,13-14H,1,5-6,8,12H2,2H3,(H,22,24). The van der Waals surface area contributed by atoms with E-state index in [4.69, 9.17) is 9.47 Å². The van der Waals surface area contributed by atoms with Crippen molar-refractivity contribution in [3.8, 4) is 11.5 Å².